The predicted octanol–water partition coefficient (Wildman–Crippen LogP) is 3.00. The molecule has 156 valence electrons. The maximum atomic E-state index is 13.0. The van der Waals surface area contributed by atoms with Crippen LogP contribution in [0.1, 0.15) is 57.3 Å². The first-order valence-electron chi connectivity index (χ1n) is 10.0. The van der Waals surface area contributed by atoms with Crippen molar-refractivity contribution >= 4 is 29.4 Å². The van der Waals surface area contributed by atoms with E-state index in [4.69, 9.17) is 4.74 Å². The van der Waals surface area contributed by atoms with Crippen LogP contribution in [-0.4, -0.2) is 41.7 Å². The van der Waals surface area contributed by atoms with Gasteiger partial charge in [0.05, 0.1) is 17.6 Å². The van der Waals surface area contributed by atoms with Gasteiger partial charge in [0.2, 0.25) is 17.7 Å². The number of fused-ring (bicyclic) bond motifs is 2. The molecule has 2 aliphatic rings. The van der Waals surface area contributed by atoms with E-state index in [0.29, 0.717) is 30.7 Å². The summed E-state index contributed by atoms with van der Waals surface area (Å²) in [4.78, 5) is 51.1. The Morgan fingerprint density at radius 2 is 1.83 bits per heavy atom. The maximum Gasteiger partial charge on any atom is 0.338 e. The minimum atomic E-state index is -0.565. The number of piperidine rings is 1. The average molecular weight is 400 g/mol. The van der Waals surface area contributed by atoms with Crippen molar-refractivity contribution < 1.29 is 23.9 Å². The number of rotatable bonds is 6. The average Bonchev–Trinajstić information content (AvgIpc) is 2.86. The van der Waals surface area contributed by atoms with Crippen molar-refractivity contribution in [2.24, 2.45) is 16.7 Å². The summed E-state index contributed by atoms with van der Waals surface area (Å²) in [6.45, 7) is 8.01. The number of hydrogen-bond donors (Lipinski definition) is 1. The molecule has 2 unspecified atom stereocenters. The lowest BCUT2D eigenvalue weighted by molar-refractivity contribution is -0.167. The lowest BCUT2D eigenvalue weighted by Gasteiger charge is -2.47. The molecule has 2 bridgehead atoms. The highest BCUT2D eigenvalue weighted by Gasteiger charge is 2.64. The van der Waals surface area contributed by atoms with E-state index in [9.17, 15) is 19.2 Å². The van der Waals surface area contributed by atoms with Crippen LogP contribution in [0, 0.1) is 16.7 Å². The van der Waals surface area contributed by atoms with E-state index in [0.717, 1.165) is 0 Å². The number of esters is 1. The molecule has 1 heterocycles. The third-order valence-electron chi connectivity index (χ3n) is 6.75. The van der Waals surface area contributed by atoms with Crippen LogP contribution in [0.4, 0.5) is 5.69 Å². The molecule has 1 aromatic carbocycles. The molecule has 7 nitrogen and oxygen atoms in total. The number of ether oxygens (including phenoxy) is 1. The van der Waals surface area contributed by atoms with Gasteiger partial charge in [-0.2, -0.15) is 0 Å². The van der Waals surface area contributed by atoms with E-state index in [1.54, 1.807) is 31.2 Å². The first kappa shape index (κ1) is 21.0. The van der Waals surface area contributed by atoms with E-state index in [1.807, 2.05) is 20.8 Å². The number of hydrogen-bond acceptors (Lipinski definition) is 5. The van der Waals surface area contributed by atoms with E-state index in [1.165, 1.54) is 4.90 Å². The zero-order valence-electron chi connectivity index (χ0n) is 17.4. The van der Waals surface area contributed by atoms with Crippen LogP contribution in [0.3, 0.4) is 0 Å². The number of anilines is 1. The predicted molar refractivity (Wildman–Crippen MR) is 107 cm³/mol. The molecular formula is C22H28N2O5. The summed E-state index contributed by atoms with van der Waals surface area (Å²) in [7, 11) is 0. The smallest absolute Gasteiger partial charge is 0.338 e. The van der Waals surface area contributed by atoms with Crippen LogP contribution in [0.15, 0.2) is 24.3 Å². The second-order valence-electron chi connectivity index (χ2n) is 8.54. The second-order valence-corrected chi connectivity index (χ2v) is 8.54. The van der Waals surface area contributed by atoms with Gasteiger partial charge in [0.15, 0.2) is 0 Å². The molecule has 1 N–H and O–H groups in total. The highest BCUT2D eigenvalue weighted by molar-refractivity contribution is 6.04. The Hall–Kier alpha value is -2.70. The second kappa shape index (κ2) is 7.61. The van der Waals surface area contributed by atoms with Crippen molar-refractivity contribution in [2.75, 3.05) is 18.5 Å². The number of imide groups is 1. The van der Waals surface area contributed by atoms with Crippen LogP contribution < -0.4 is 5.32 Å². The molecule has 7 heteroatoms. The van der Waals surface area contributed by atoms with Gasteiger partial charge in [-0.1, -0.05) is 20.8 Å². The third-order valence-corrected chi connectivity index (χ3v) is 6.75. The Kier molecular flexibility index (Phi) is 5.52. The summed E-state index contributed by atoms with van der Waals surface area (Å²) in [6, 6.07) is 6.38. The highest BCUT2D eigenvalue weighted by Crippen LogP contribution is 2.60. The zero-order chi connectivity index (χ0) is 21.4. The van der Waals surface area contributed by atoms with Crippen molar-refractivity contribution in [1.82, 2.24) is 4.90 Å². The lowest BCUT2D eigenvalue weighted by Crippen LogP contribution is -2.59. The van der Waals surface area contributed by atoms with Crippen molar-refractivity contribution in [1.29, 1.82) is 0 Å². The summed E-state index contributed by atoms with van der Waals surface area (Å²) >= 11 is 0. The van der Waals surface area contributed by atoms with Gasteiger partial charge < -0.3 is 10.1 Å². The summed E-state index contributed by atoms with van der Waals surface area (Å²) < 4.78 is 4.92. The summed E-state index contributed by atoms with van der Waals surface area (Å²) in [5.74, 6) is -1.23. The van der Waals surface area contributed by atoms with Crippen LogP contribution in [0.25, 0.3) is 0 Å². The molecule has 29 heavy (non-hydrogen) atoms. The van der Waals surface area contributed by atoms with E-state index in [2.05, 4.69) is 5.32 Å². The fourth-order valence-corrected chi connectivity index (χ4v) is 4.45. The first-order valence-corrected chi connectivity index (χ1v) is 10.0. The fourth-order valence-electron chi connectivity index (χ4n) is 4.45. The molecule has 1 aliphatic carbocycles. The van der Waals surface area contributed by atoms with Gasteiger partial charge in [0.25, 0.3) is 0 Å². The van der Waals surface area contributed by atoms with Gasteiger partial charge in [-0.05, 0) is 49.4 Å². The minimum Gasteiger partial charge on any atom is -0.462 e. The van der Waals surface area contributed by atoms with Crippen molar-refractivity contribution in [3.05, 3.63) is 29.8 Å². The molecule has 1 saturated heterocycles. The van der Waals surface area contributed by atoms with Gasteiger partial charge in [-0.25, -0.2) is 4.79 Å². The lowest BCUT2D eigenvalue weighted by atomic mass is 9.62. The van der Waals surface area contributed by atoms with Crippen LogP contribution >= 0.6 is 0 Å². The standard InChI is InChI=1S/C22H28N2O5/c1-5-29-19(27)14-6-8-15(9-7-14)23-17(25)11-13-24-18(26)16-10-12-22(4,20(24)28)21(16,2)3/h6-9,16H,5,10-13H2,1-4H3,(H,23,25). The van der Waals surface area contributed by atoms with E-state index < -0.39 is 11.4 Å². The minimum absolute atomic E-state index is 0.0281. The highest BCUT2D eigenvalue weighted by atomic mass is 16.5. The summed E-state index contributed by atoms with van der Waals surface area (Å²) in [5.41, 5.74) is 0.0131. The van der Waals surface area contributed by atoms with Gasteiger partial charge in [-0.3, -0.25) is 19.3 Å². The molecule has 2 atom stereocenters. The largest absolute Gasteiger partial charge is 0.462 e. The Labute approximate surface area is 170 Å². The van der Waals surface area contributed by atoms with Gasteiger partial charge in [0, 0.05) is 24.6 Å². The molecule has 3 amide bonds. The fraction of sp³-hybridized carbons (Fsp3) is 0.545. The van der Waals surface area contributed by atoms with Crippen molar-refractivity contribution in [2.45, 2.75) is 47.0 Å². The molecule has 3 rings (SSSR count). The van der Waals surface area contributed by atoms with Crippen LogP contribution in [0.2, 0.25) is 0 Å². The third kappa shape index (κ3) is 3.54. The normalized spacial score (nSPS) is 25.1. The van der Waals surface area contributed by atoms with Gasteiger partial charge in [0.1, 0.15) is 0 Å². The molecule has 0 aromatic heterocycles. The molecular weight excluding hydrogens is 372 g/mol. The Morgan fingerprint density at radius 3 is 2.45 bits per heavy atom. The van der Waals surface area contributed by atoms with Crippen molar-refractivity contribution in [3.8, 4) is 0 Å². The first-order chi connectivity index (χ1) is 13.6. The zero-order valence-corrected chi connectivity index (χ0v) is 17.4. The molecule has 0 radical (unpaired) electrons. The summed E-state index contributed by atoms with van der Waals surface area (Å²) in [6.07, 6.45) is 1.44. The molecule has 1 aliphatic heterocycles. The number of carbonyl (C=O) groups excluding carboxylic acids is 4. The number of nitrogens with zero attached hydrogens (tertiary/aromatic N) is 1. The van der Waals surface area contributed by atoms with Crippen LogP contribution in [-0.2, 0) is 19.1 Å². The Bertz CT molecular complexity index is 845. The van der Waals surface area contributed by atoms with Crippen molar-refractivity contribution in [3.63, 3.8) is 0 Å². The Morgan fingerprint density at radius 1 is 1.17 bits per heavy atom. The monoisotopic (exact) mass is 400 g/mol. The SMILES string of the molecule is CCOC(=O)c1ccc(NC(=O)CCN2C(=O)C3CCC(C)(C2=O)C3(C)C)cc1. The van der Waals surface area contributed by atoms with Crippen LogP contribution in [0.5, 0.6) is 0 Å². The summed E-state index contributed by atoms with van der Waals surface area (Å²) in [5, 5.41) is 2.73. The quantitative estimate of drug-likeness (QED) is 0.585. The number of nitrogens with one attached hydrogen (secondary N) is 1. The molecule has 2 fully saturated rings. The maximum absolute atomic E-state index is 13.0. The Balaban J connectivity index is 1.59. The molecule has 0 spiro atoms. The van der Waals surface area contributed by atoms with E-state index in [-0.39, 0.29) is 42.0 Å². The van der Waals surface area contributed by atoms with Gasteiger partial charge >= 0.3 is 5.97 Å². The number of amides is 3. The van der Waals surface area contributed by atoms with Gasteiger partial charge in [-0.15, -0.1) is 0 Å². The molecule has 1 saturated carbocycles. The number of benzene rings is 1. The number of likely N-dealkylation sites (tertiary alicyclic amines) is 1. The number of carbonyl (C=O) groups is 4. The van der Waals surface area contributed by atoms with E-state index >= 15 is 0 Å². The topological polar surface area (TPSA) is 92.8 Å². The molecule has 1 aromatic rings.